The molecule has 0 fully saturated rings. The summed E-state index contributed by atoms with van der Waals surface area (Å²) in [5, 5.41) is 0.588. The molecular formula is C13H16N2O2S. The lowest BCUT2D eigenvalue weighted by Gasteiger charge is -2.04. The fourth-order valence-electron chi connectivity index (χ4n) is 2.08. The van der Waals surface area contributed by atoms with Crippen molar-refractivity contribution in [3.8, 4) is 0 Å². The number of fused-ring (bicyclic) bond motifs is 1. The third-order valence-electron chi connectivity index (χ3n) is 2.76. The van der Waals surface area contributed by atoms with E-state index in [-0.39, 0.29) is 11.3 Å². The fourth-order valence-corrected chi connectivity index (χ4v) is 3.32. The Morgan fingerprint density at radius 1 is 1.44 bits per heavy atom. The number of nitrogens with zero attached hydrogens (tertiary/aromatic N) is 1. The molecule has 0 spiro atoms. The van der Waals surface area contributed by atoms with Gasteiger partial charge in [0.05, 0.1) is 5.39 Å². The standard InChI is InChI=1S/C13H16N2O2S/c1-6(2)11-9(5-7(3)16)10-12(17)14-8(4)15-13(10)18-11/h6H,5H2,1-4H3,(H,14,15,17). The van der Waals surface area contributed by atoms with Gasteiger partial charge in [-0.3, -0.25) is 9.59 Å². The third kappa shape index (κ3) is 2.22. The molecule has 0 atom stereocenters. The highest BCUT2D eigenvalue weighted by Crippen LogP contribution is 2.33. The number of carbonyl (C=O) groups excluding carboxylic acids is 1. The van der Waals surface area contributed by atoms with Gasteiger partial charge in [0.1, 0.15) is 16.4 Å². The molecule has 18 heavy (non-hydrogen) atoms. The maximum absolute atomic E-state index is 12.0. The van der Waals surface area contributed by atoms with Crippen molar-refractivity contribution in [2.45, 2.75) is 40.0 Å². The molecule has 0 aliphatic rings. The lowest BCUT2D eigenvalue weighted by atomic mass is 10.0. The van der Waals surface area contributed by atoms with E-state index in [2.05, 4.69) is 23.8 Å². The van der Waals surface area contributed by atoms with Gasteiger partial charge in [0.15, 0.2) is 0 Å². The minimum atomic E-state index is -0.142. The number of aromatic amines is 1. The second-order valence-corrected chi connectivity index (χ2v) is 5.84. The van der Waals surface area contributed by atoms with Crippen molar-refractivity contribution in [2.75, 3.05) is 0 Å². The van der Waals surface area contributed by atoms with Crippen molar-refractivity contribution < 1.29 is 4.79 Å². The van der Waals surface area contributed by atoms with Crippen LogP contribution in [0.3, 0.4) is 0 Å². The highest BCUT2D eigenvalue weighted by Gasteiger charge is 2.19. The first-order valence-corrected chi connectivity index (χ1v) is 6.73. The summed E-state index contributed by atoms with van der Waals surface area (Å²) in [6.07, 6.45) is 0.307. The number of carbonyl (C=O) groups is 1. The third-order valence-corrected chi connectivity index (χ3v) is 4.19. The number of hydrogen-bond donors (Lipinski definition) is 1. The Balaban J connectivity index is 2.81. The van der Waals surface area contributed by atoms with E-state index in [1.165, 1.54) is 11.3 Å². The van der Waals surface area contributed by atoms with Crippen molar-refractivity contribution in [1.82, 2.24) is 9.97 Å². The molecular weight excluding hydrogens is 248 g/mol. The number of thiophene rings is 1. The first-order chi connectivity index (χ1) is 8.40. The lowest BCUT2D eigenvalue weighted by Crippen LogP contribution is -2.11. The van der Waals surface area contributed by atoms with E-state index < -0.39 is 0 Å². The van der Waals surface area contributed by atoms with Gasteiger partial charge in [-0.25, -0.2) is 4.98 Å². The summed E-state index contributed by atoms with van der Waals surface area (Å²) in [5.41, 5.74) is 0.711. The minimum Gasteiger partial charge on any atom is -0.310 e. The molecule has 0 saturated heterocycles. The highest BCUT2D eigenvalue weighted by molar-refractivity contribution is 7.18. The van der Waals surface area contributed by atoms with Crippen LogP contribution >= 0.6 is 11.3 Å². The van der Waals surface area contributed by atoms with E-state index in [1.54, 1.807) is 13.8 Å². The van der Waals surface area contributed by atoms with Crippen LogP contribution in [0.15, 0.2) is 4.79 Å². The van der Waals surface area contributed by atoms with Gasteiger partial charge < -0.3 is 4.98 Å². The smallest absolute Gasteiger partial charge is 0.259 e. The van der Waals surface area contributed by atoms with Crippen molar-refractivity contribution in [3.05, 3.63) is 26.6 Å². The van der Waals surface area contributed by atoms with Gasteiger partial charge in [-0.1, -0.05) is 13.8 Å². The van der Waals surface area contributed by atoms with Gasteiger partial charge in [-0.05, 0) is 25.3 Å². The largest absolute Gasteiger partial charge is 0.310 e. The molecule has 4 nitrogen and oxygen atoms in total. The van der Waals surface area contributed by atoms with E-state index >= 15 is 0 Å². The van der Waals surface area contributed by atoms with Gasteiger partial charge in [-0.15, -0.1) is 11.3 Å². The summed E-state index contributed by atoms with van der Waals surface area (Å²) in [4.78, 5) is 32.3. The number of ketones is 1. The van der Waals surface area contributed by atoms with Gasteiger partial charge in [0, 0.05) is 11.3 Å². The minimum absolute atomic E-state index is 0.0663. The fraction of sp³-hybridized carbons (Fsp3) is 0.462. The van der Waals surface area contributed by atoms with Crippen molar-refractivity contribution in [2.24, 2.45) is 0 Å². The number of rotatable bonds is 3. The molecule has 0 aromatic carbocycles. The van der Waals surface area contributed by atoms with Gasteiger partial charge in [0.25, 0.3) is 5.56 Å². The zero-order valence-electron chi connectivity index (χ0n) is 11.0. The van der Waals surface area contributed by atoms with Gasteiger partial charge >= 0.3 is 0 Å². The zero-order chi connectivity index (χ0) is 13.4. The molecule has 0 radical (unpaired) electrons. The van der Waals surface area contributed by atoms with Crippen LogP contribution in [0.1, 0.15) is 43.0 Å². The Morgan fingerprint density at radius 3 is 2.67 bits per heavy atom. The molecule has 0 unspecified atom stereocenters. The van der Waals surface area contributed by atoms with Crippen LogP contribution in [0.2, 0.25) is 0 Å². The van der Waals surface area contributed by atoms with Gasteiger partial charge in [0.2, 0.25) is 0 Å². The number of nitrogens with one attached hydrogen (secondary N) is 1. The van der Waals surface area contributed by atoms with Crippen LogP contribution in [-0.4, -0.2) is 15.8 Å². The van der Waals surface area contributed by atoms with Crippen LogP contribution < -0.4 is 5.56 Å². The topological polar surface area (TPSA) is 62.8 Å². The average molecular weight is 264 g/mol. The summed E-state index contributed by atoms with van der Waals surface area (Å²) in [7, 11) is 0. The number of Topliss-reactive ketones (excluding diaryl/α,β-unsaturated/α-hetero) is 1. The molecule has 2 aromatic rings. The number of aromatic nitrogens is 2. The lowest BCUT2D eigenvalue weighted by molar-refractivity contribution is -0.116. The summed E-state index contributed by atoms with van der Waals surface area (Å²) < 4.78 is 0. The Hall–Kier alpha value is -1.49. The predicted molar refractivity (Wildman–Crippen MR) is 73.5 cm³/mol. The van der Waals surface area contributed by atoms with Crippen molar-refractivity contribution in [1.29, 1.82) is 0 Å². The number of aryl methyl sites for hydroxylation is 1. The van der Waals surface area contributed by atoms with Crippen LogP contribution in [0.5, 0.6) is 0 Å². The second kappa shape index (κ2) is 4.65. The molecule has 0 aliphatic heterocycles. The average Bonchev–Trinajstić information content (AvgIpc) is 2.55. The molecule has 0 amide bonds. The monoisotopic (exact) mass is 264 g/mol. The maximum Gasteiger partial charge on any atom is 0.259 e. The first-order valence-electron chi connectivity index (χ1n) is 5.91. The number of H-pyrrole nitrogens is 1. The summed E-state index contributed by atoms with van der Waals surface area (Å²) in [5.74, 6) is 0.966. The van der Waals surface area contributed by atoms with E-state index in [0.717, 1.165) is 15.3 Å². The Morgan fingerprint density at radius 2 is 2.11 bits per heavy atom. The molecule has 5 heteroatoms. The van der Waals surface area contributed by atoms with Crippen molar-refractivity contribution in [3.63, 3.8) is 0 Å². The van der Waals surface area contributed by atoms with E-state index in [4.69, 9.17) is 0 Å². The highest BCUT2D eigenvalue weighted by atomic mass is 32.1. The SMILES string of the molecule is CC(=O)Cc1c(C(C)C)sc2nc(C)[nH]c(=O)c12. The van der Waals surface area contributed by atoms with E-state index in [0.29, 0.717) is 23.5 Å². The van der Waals surface area contributed by atoms with Crippen LogP contribution in [0, 0.1) is 6.92 Å². The normalized spacial score (nSPS) is 11.4. The predicted octanol–water partition coefficient (Wildman–Crippen LogP) is 2.55. The second-order valence-electron chi connectivity index (χ2n) is 4.81. The van der Waals surface area contributed by atoms with Crippen molar-refractivity contribution >= 4 is 27.3 Å². The molecule has 2 aromatic heterocycles. The molecule has 96 valence electrons. The summed E-state index contributed by atoms with van der Waals surface area (Å²) in [6, 6.07) is 0. The molecule has 0 bridgehead atoms. The van der Waals surface area contributed by atoms with Crippen LogP contribution in [-0.2, 0) is 11.2 Å². The number of hydrogen-bond acceptors (Lipinski definition) is 4. The molecule has 0 saturated carbocycles. The summed E-state index contributed by atoms with van der Waals surface area (Å²) >= 11 is 1.52. The molecule has 2 rings (SSSR count). The van der Waals surface area contributed by atoms with Crippen LogP contribution in [0.4, 0.5) is 0 Å². The first kappa shape index (κ1) is 13.0. The Bertz CT molecular complexity index is 667. The maximum atomic E-state index is 12.0. The van der Waals surface area contributed by atoms with Crippen LogP contribution in [0.25, 0.3) is 10.2 Å². The molecule has 1 N–H and O–H groups in total. The quantitative estimate of drug-likeness (QED) is 0.926. The Kier molecular flexibility index (Phi) is 3.34. The summed E-state index contributed by atoms with van der Waals surface area (Å²) in [6.45, 7) is 7.44. The van der Waals surface area contributed by atoms with Gasteiger partial charge in [-0.2, -0.15) is 0 Å². The van der Waals surface area contributed by atoms with E-state index in [1.807, 2.05) is 0 Å². The molecule has 0 aliphatic carbocycles. The van der Waals surface area contributed by atoms with E-state index in [9.17, 15) is 9.59 Å². The Labute approximate surface area is 109 Å². The zero-order valence-corrected chi connectivity index (χ0v) is 11.8. The molecule has 2 heterocycles.